The molecule has 0 aliphatic carbocycles. The molecule has 0 aliphatic rings. The molecule has 1 aromatic rings. The molecule has 0 radical (unpaired) electrons. The van der Waals surface area contributed by atoms with Crippen molar-refractivity contribution in [3.05, 3.63) is 23.8 Å². The number of hydrogen-bond donors (Lipinski definition) is 2. The number of hydrogen-bond acceptors (Lipinski definition) is 4. The van der Waals surface area contributed by atoms with E-state index in [4.69, 9.17) is 14.6 Å². The van der Waals surface area contributed by atoms with Crippen molar-refractivity contribution in [1.82, 2.24) is 5.32 Å². The van der Waals surface area contributed by atoms with Crippen LogP contribution < -0.4 is 14.8 Å². The molecule has 1 rings (SSSR count). The molecule has 146 valence electrons. The highest BCUT2D eigenvalue weighted by molar-refractivity contribution is 5.78. The maximum absolute atomic E-state index is 13.0. The lowest BCUT2D eigenvalue weighted by molar-refractivity contribution is -0.213. The third kappa shape index (κ3) is 5.53. The fraction of sp³-hybridized carbons (Fsp3) is 0.529. The number of carbonyl (C=O) groups is 2. The maximum atomic E-state index is 13.0. The van der Waals surface area contributed by atoms with E-state index in [1.54, 1.807) is 6.07 Å². The number of nitrogens with one attached hydrogen (secondary N) is 1. The van der Waals surface area contributed by atoms with Crippen molar-refractivity contribution < 1.29 is 37.3 Å². The van der Waals surface area contributed by atoms with Crippen molar-refractivity contribution in [2.45, 2.75) is 38.9 Å². The summed E-state index contributed by atoms with van der Waals surface area (Å²) in [5.41, 5.74) is -1.91. The minimum Gasteiger partial charge on any atom is -0.497 e. The van der Waals surface area contributed by atoms with Gasteiger partial charge in [0, 0.05) is 18.1 Å². The van der Waals surface area contributed by atoms with Gasteiger partial charge < -0.3 is 19.9 Å². The number of amides is 1. The van der Waals surface area contributed by atoms with E-state index in [2.05, 4.69) is 5.32 Å². The van der Waals surface area contributed by atoms with Crippen LogP contribution in [0.5, 0.6) is 11.5 Å². The lowest BCUT2D eigenvalue weighted by Gasteiger charge is -2.28. The van der Waals surface area contributed by atoms with Crippen LogP contribution in [0.15, 0.2) is 18.2 Å². The minimum atomic E-state index is -4.57. The van der Waals surface area contributed by atoms with Crippen LogP contribution in [0.2, 0.25) is 0 Å². The second-order valence-electron chi connectivity index (χ2n) is 6.38. The molecule has 1 unspecified atom stereocenters. The van der Waals surface area contributed by atoms with Gasteiger partial charge in [-0.25, -0.2) is 0 Å². The van der Waals surface area contributed by atoms with Gasteiger partial charge in [-0.15, -0.1) is 0 Å². The van der Waals surface area contributed by atoms with E-state index in [1.807, 2.05) is 0 Å². The number of carbonyl (C=O) groups excluding carboxylic acids is 1. The van der Waals surface area contributed by atoms with Gasteiger partial charge in [0.1, 0.15) is 11.5 Å². The molecule has 0 aromatic heterocycles. The Labute approximate surface area is 149 Å². The van der Waals surface area contributed by atoms with Gasteiger partial charge in [-0.2, -0.15) is 13.2 Å². The molecule has 0 saturated carbocycles. The van der Waals surface area contributed by atoms with Gasteiger partial charge >= 0.3 is 12.1 Å². The molecular formula is C17H22F3NO5. The highest BCUT2D eigenvalue weighted by Gasteiger charge is 2.48. The number of carboxylic acid groups (broad SMARTS) is 1. The Morgan fingerprint density at radius 1 is 1.19 bits per heavy atom. The minimum absolute atomic E-state index is 0.256. The standard InChI is InChI=1S/C17H22F3NO5/c1-16(2,17(18,19)20)9-14(22)21-12(8-15(23)24)11-6-5-10(25-3)7-13(11)26-4/h5-7,12H,8-9H2,1-4H3,(H,21,22)(H,23,24). The quantitative estimate of drug-likeness (QED) is 0.726. The van der Waals surface area contributed by atoms with Crippen molar-refractivity contribution in [2.24, 2.45) is 5.41 Å². The fourth-order valence-corrected chi connectivity index (χ4v) is 2.27. The highest BCUT2D eigenvalue weighted by atomic mass is 19.4. The molecule has 1 atom stereocenters. The Bertz CT molecular complexity index is 658. The summed E-state index contributed by atoms with van der Waals surface area (Å²) < 4.78 is 49.1. The van der Waals surface area contributed by atoms with Crippen LogP contribution in [0, 0.1) is 5.41 Å². The zero-order chi connectivity index (χ0) is 20.1. The predicted octanol–water partition coefficient (Wildman–Crippen LogP) is 3.31. The second-order valence-corrected chi connectivity index (χ2v) is 6.38. The molecule has 0 saturated heterocycles. The highest BCUT2D eigenvalue weighted by Crippen LogP contribution is 2.40. The zero-order valence-corrected chi connectivity index (χ0v) is 14.9. The smallest absolute Gasteiger partial charge is 0.394 e. The number of aliphatic carboxylic acids is 1. The Morgan fingerprint density at radius 2 is 1.81 bits per heavy atom. The Kier molecular flexibility index (Phi) is 6.88. The van der Waals surface area contributed by atoms with Crippen LogP contribution in [-0.2, 0) is 9.59 Å². The van der Waals surface area contributed by atoms with Crippen LogP contribution in [0.1, 0.15) is 38.3 Å². The average Bonchev–Trinajstić information content (AvgIpc) is 2.51. The van der Waals surface area contributed by atoms with E-state index in [9.17, 15) is 22.8 Å². The molecule has 2 N–H and O–H groups in total. The molecule has 1 aromatic carbocycles. The molecule has 0 aliphatic heterocycles. The molecule has 0 bridgehead atoms. The van der Waals surface area contributed by atoms with E-state index in [0.717, 1.165) is 13.8 Å². The van der Waals surface area contributed by atoms with E-state index in [-0.39, 0.29) is 5.75 Å². The first-order valence-electron chi connectivity index (χ1n) is 7.71. The Balaban J connectivity index is 3.09. The summed E-state index contributed by atoms with van der Waals surface area (Å²) >= 11 is 0. The summed E-state index contributed by atoms with van der Waals surface area (Å²) in [6.45, 7) is 1.82. The first-order valence-corrected chi connectivity index (χ1v) is 7.71. The van der Waals surface area contributed by atoms with Gasteiger partial charge in [-0.3, -0.25) is 9.59 Å². The van der Waals surface area contributed by atoms with Gasteiger partial charge in [0.05, 0.1) is 32.1 Å². The lowest BCUT2D eigenvalue weighted by atomic mass is 9.88. The molecule has 6 nitrogen and oxygen atoms in total. The van der Waals surface area contributed by atoms with Gasteiger partial charge in [0.2, 0.25) is 5.91 Å². The molecular weight excluding hydrogens is 355 g/mol. The normalized spacial score (nSPS) is 13.0. The van der Waals surface area contributed by atoms with Crippen LogP contribution in [0.4, 0.5) is 13.2 Å². The maximum Gasteiger partial charge on any atom is 0.394 e. The van der Waals surface area contributed by atoms with Crippen molar-refractivity contribution in [2.75, 3.05) is 14.2 Å². The number of carboxylic acids is 1. The largest absolute Gasteiger partial charge is 0.497 e. The van der Waals surface area contributed by atoms with Gasteiger partial charge in [-0.1, -0.05) is 13.8 Å². The molecule has 26 heavy (non-hydrogen) atoms. The van der Waals surface area contributed by atoms with Gasteiger partial charge in [-0.05, 0) is 12.1 Å². The predicted molar refractivity (Wildman–Crippen MR) is 87.1 cm³/mol. The first kappa shape index (κ1) is 21.6. The number of methoxy groups -OCH3 is 2. The third-order valence-corrected chi connectivity index (χ3v) is 3.90. The van der Waals surface area contributed by atoms with E-state index in [1.165, 1.54) is 26.4 Å². The van der Waals surface area contributed by atoms with Crippen LogP contribution in [0.25, 0.3) is 0 Å². The van der Waals surface area contributed by atoms with Gasteiger partial charge in [0.25, 0.3) is 0 Å². The average molecular weight is 377 g/mol. The topological polar surface area (TPSA) is 84.9 Å². The summed E-state index contributed by atoms with van der Waals surface area (Å²) in [7, 11) is 2.79. The summed E-state index contributed by atoms with van der Waals surface area (Å²) in [6.07, 6.45) is -5.91. The second kappa shape index (κ2) is 8.29. The molecule has 0 heterocycles. The SMILES string of the molecule is COc1ccc(C(CC(=O)O)NC(=O)CC(C)(C)C(F)(F)F)c(OC)c1. The van der Waals surface area contributed by atoms with E-state index < -0.39 is 42.4 Å². The number of alkyl halides is 3. The number of rotatable bonds is 8. The fourth-order valence-electron chi connectivity index (χ4n) is 2.27. The van der Waals surface area contributed by atoms with Crippen LogP contribution >= 0.6 is 0 Å². The van der Waals surface area contributed by atoms with Gasteiger partial charge in [0.15, 0.2) is 0 Å². The number of halogens is 3. The van der Waals surface area contributed by atoms with Crippen LogP contribution in [-0.4, -0.2) is 37.4 Å². The Hall–Kier alpha value is -2.45. The van der Waals surface area contributed by atoms with Crippen molar-refractivity contribution in [3.63, 3.8) is 0 Å². The van der Waals surface area contributed by atoms with Crippen molar-refractivity contribution in [1.29, 1.82) is 0 Å². The lowest BCUT2D eigenvalue weighted by Crippen LogP contribution is -2.39. The van der Waals surface area contributed by atoms with E-state index in [0.29, 0.717) is 11.3 Å². The molecule has 9 heteroatoms. The monoisotopic (exact) mass is 377 g/mol. The summed E-state index contributed by atoms with van der Waals surface area (Å²) in [4.78, 5) is 23.3. The molecule has 0 fully saturated rings. The first-order chi connectivity index (χ1) is 11.9. The number of benzene rings is 1. The molecule has 0 spiro atoms. The van der Waals surface area contributed by atoms with Crippen LogP contribution in [0.3, 0.4) is 0 Å². The Morgan fingerprint density at radius 3 is 2.27 bits per heavy atom. The zero-order valence-electron chi connectivity index (χ0n) is 14.9. The van der Waals surface area contributed by atoms with Crippen molar-refractivity contribution >= 4 is 11.9 Å². The third-order valence-electron chi connectivity index (χ3n) is 3.90. The summed E-state index contributed by atoms with van der Waals surface area (Å²) in [6, 6.07) is 3.49. The summed E-state index contributed by atoms with van der Waals surface area (Å²) in [5, 5.41) is 11.5. The number of ether oxygens (including phenoxy) is 2. The van der Waals surface area contributed by atoms with Crippen molar-refractivity contribution in [3.8, 4) is 11.5 Å². The summed E-state index contributed by atoms with van der Waals surface area (Å²) in [5.74, 6) is -1.42. The molecule has 1 amide bonds. The van der Waals surface area contributed by atoms with E-state index >= 15 is 0 Å².